The Kier molecular flexibility index (Phi) is 4.57. The molecule has 0 saturated heterocycles. The fourth-order valence-electron chi connectivity index (χ4n) is 3.15. The summed E-state index contributed by atoms with van der Waals surface area (Å²) in [4.78, 5) is 11.5. The predicted octanol–water partition coefficient (Wildman–Crippen LogP) is 5.12. The summed E-state index contributed by atoms with van der Waals surface area (Å²) in [5.41, 5.74) is 2.51. The van der Waals surface area contributed by atoms with Gasteiger partial charge in [-0.25, -0.2) is 4.79 Å². The number of carbonyl (C=O) groups is 1. The zero-order valence-electron chi connectivity index (χ0n) is 13.0. The number of aryl methyl sites for hydroxylation is 1. The minimum absolute atomic E-state index is 0.160. The summed E-state index contributed by atoms with van der Waals surface area (Å²) in [5.74, 6) is -0.243. The van der Waals surface area contributed by atoms with Gasteiger partial charge in [0.05, 0.1) is 0 Å². The van der Waals surface area contributed by atoms with Crippen LogP contribution in [0.1, 0.15) is 49.8 Å². The molecule has 0 saturated carbocycles. The van der Waals surface area contributed by atoms with E-state index in [1.807, 2.05) is 6.08 Å². The SMILES string of the molecule is CCCCCc1ccc(C2CC=CC(=O)O2)c2ccccc12. The fourth-order valence-corrected chi connectivity index (χ4v) is 3.15. The molecule has 0 amide bonds. The van der Waals surface area contributed by atoms with Crippen LogP contribution in [0.15, 0.2) is 48.6 Å². The first-order valence-corrected chi connectivity index (χ1v) is 8.17. The maximum absolute atomic E-state index is 11.5. The molecular weight excluding hydrogens is 272 g/mol. The lowest BCUT2D eigenvalue weighted by Crippen LogP contribution is -2.13. The van der Waals surface area contributed by atoms with Crippen molar-refractivity contribution in [2.45, 2.75) is 45.1 Å². The van der Waals surface area contributed by atoms with Crippen LogP contribution in [0.5, 0.6) is 0 Å². The first kappa shape index (κ1) is 14.8. The second kappa shape index (κ2) is 6.78. The Bertz CT molecular complexity index is 700. The van der Waals surface area contributed by atoms with Gasteiger partial charge in [-0.05, 0) is 29.2 Å². The Labute approximate surface area is 131 Å². The Morgan fingerprint density at radius 3 is 2.68 bits per heavy atom. The van der Waals surface area contributed by atoms with E-state index in [9.17, 15) is 4.79 Å². The smallest absolute Gasteiger partial charge is 0.331 e. The van der Waals surface area contributed by atoms with Crippen LogP contribution in [0.25, 0.3) is 10.8 Å². The maximum atomic E-state index is 11.5. The molecule has 2 aromatic carbocycles. The van der Waals surface area contributed by atoms with Gasteiger partial charge < -0.3 is 4.74 Å². The van der Waals surface area contributed by atoms with Crippen LogP contribution in [-0.4, -0.2) is 5.97 Å². The molecule has 0 spiro atoms. The minimum Gasteiger partial charge on any atom is -0.454 e. The van der Waals surface area contributed by atoms with Crippen molar-refractivity contribution in [3.63, 3.8) is 0 Å². The lowest BCUT2D eigenvalue weighted by molar-refractivity contribution is -0.144. The standard InChI is InChI=1S/C20H22O2/c1-2-3-4-8-15-13-14-18(17-10-6-5-9-16(15)17)19-11-7-12-20(21)22-19/h5-7,9-10,12-14,19H,2-4,8,11H2,1H3. The van der Waals surface area contributed by atoms with Gasteiger partial charge in [-0.2, -0.15) is 0 Å². The van der Waals surface area contributed by atoms with Gasteiger partial charge in [0.15, 0.2) is 0 Å². The van der Waals surface area contributed by atoms with Crippen molar-refractivity contribution in [1.29, 1.82) is 0 Å². The topological polar surface area (TPSA) is 26.3 Å². The van der Waals surface area contributed by atoms with Crippen molar-refractivity contribution in [2.75, 3.05) is 0 Å². The van der Waals surface area contributed by atoms with Gasteiger partial charge in [-0.3, -0.25) is 0 Å². The average molecular weight is 294 g/mol. The summed E-state index contributed by atoms with van der Waals surface area (Å²) < 4.78 is 5.49. The van der Waals surface area contributed by atoms with Crippen LogP contribution in [0.3, 0.4) is 0 Å². The van der Waals surface area contributed by atoms with E-state index in [4.69, 9.17) is 4.74 Å². The van der Waals surface area contributed by atoms with E-state index in [1.54, 1.807) is 0 Å². The first-order chi connectivity index (χ1) is 10.8. The number of carbonyl (C=O) groups excluding carboxylic acids is 1. The molecule has 114 valence electrons. The van der Waals surface area contributed by atoms with Crippen LogP contribution >= 0.6 is 0 Å². The highest BCUT2D eigenvalue weighted by Crippen LogP contribution is 2.33. The van der Waals surface area contributed by atoms with Crippen molar-refractivity contribution >= 4 is 16.7 Å². The highest BCUT2D eigenvalue weighted by molar-refractivity contribution is 5.90. The monoisotopic (exact) mass is 294 g/mol. The number of fused-ring (bicyclic) bond motifs is 1. The molecule has 1 heterocycles. The summed E-state index contributed by atoms with van der Waals surface area (Å²) in [5, 5.41) is 2.51. The number of benzene rings is 2. The van der Waals surface area contributed by atoms with Gasteiger partial charge in [-0.15, -0.1) is 0 Å². The normalized spacial score (nSPS) is 17.7. The Hall–Kier alpha value is -2.09. The molecule has 2 heteroatoms. The van der Waals surface area contributed by atoms with E-state index >= 15 is 0 Å². The van der Waals surface area contributed by atoms with E-state index in [0.29, 0.717) is 0 Å². The fraction of sp³-hybridized carbons (Fsp3) is 0.350. The number of hydrogen-bond donors (Lipinski definition) is 0. The summed E-state index contributed by atoms with van der Waals surface area (Å²) in [7, 11) is 0. The Morgan fingerprint density at radius 2 is 1.91 bits per heavy atom. The molecule has 0 N–H and O–H groups in total. The van der Waals surface area contributed by atoms with Gasteiger partial charge in [0.25, 0.3) is 0 Å². The first-order valence-electron chi connectivity index (χ1n) is 8.17. The number of esters is 1. The molecule has 1 aliphatic rings. The molecule has 0 bridgehead atoms. The van der Waals surface area contributed by atoms with E-state index in [-0.39, 0.29) is 12.1 Å². The molecule has 1 aliphatic heterocycles. The minimum atomic E-state index is -0.243. The van der Waals surface area contributed by atoms with Crippen molar-refractivity contribution in [3.8, 4) is 0 Å². The molecular formula is C20H22O2. The van der Waals surface area contributed by atoms with E-state index in [2.05, 4.69) is 43.3 Å². The van der Waals surface area contributed by atoms with Crippen molar-refractivity contribution in [3.05, 3.63) is 59.7 Å². The molecule has 22 heavy (non-hydrogen) atoms. The third kappa shape index (κ3) is 3.06. The van der Waals surface area contributed by atoms with Crippen molar-refractivity contribution in [1.82, 2.24) is 0 Å². The molecule has 3 rings (SSSR count). The lowest BCUT2D eigenvalue weighted by Gasteiger charge is -2.21. The molecule has 0 aromatic heterocycles. The van der Waals surface area contributed by atoms with E-state index in [0.717, 1.165) is 18.4 Å². The molecule has 1 unspecified atom stereocenters. The highest BCUT2D eigenvalue weighted by atomic mass is 16.5. The van der Waals surface area contributed by atoms with Gasteiger partial charge >= 0.3 is 5.97 Å². The van der Waals surface area contributed by atoms with Gasteiger partial charge in [-0.1, -0.05) is 62.2 Å². The van der Waals surface area contributed by atoms with Gasteiger partial charge in [0.1, 0.15) is 6.10 Å². The van der Waals surface area contributed by atoms with Crippen LogP contribution in [0.4, 0.5) is 0 Å². The third-order valence-electron chi connectivity index (χ3n) is 4.31. The zero-order chi connectivity index (χ0) is 15.4. The summed E-state index contributed by atoms with van der Waals surface area (Å²) in [6.45, 7) is 2.23. The molecule has 2 nitrogen and oxygen atoms in total. The van der Waals surface area contributed by atoms with Crippen LogP contribution in [0.2, 0.25) is 0 Å². The third-order valence-corrected chi connectivity index (χ3v) is 4.31. The largest absolute Gasteiger partial charge is 0.454 e. The second-order valence-corrected chi connectivity index (χ2v) is 5.88. The van der Waals surface area contributed by atoms with Crippen LogP contribution in [-0.2, 0) is 16.0 Å². The summed E-state index contributed by atoms with van der Waals surface area (Å²) >= 11 is 0. The second-order valence-electron chi connectivity index (χ2n) is 5.88. The van der Waals surface area contributed by atoms with Crippen molar-refractivity contribution < 1.29 is 9.53 Å². The Balaban J connectivity index is 1.97. The average Bonchev–Trinajstić information content (AvgIpc) is 2.55. The van der Waals surface area contributed by atoms with Gasteiger partial charge in [0, 0.05) is 18.1 Å². The number of hydrogen-bond acceptors (Lipinski definition) is 2. The van der Waals surface area contributed by atoms with Crippen LogP contribution < -0.4 is 0 Å². The highest BCUT2D eigenvalue weighted by Gasteiger charge is 2.20. The molecule has 0 aliphatic carbocycles. The lowest BCUT2D eigenvalue weighted by atomic mass is 9.92. The maximum Gasteiger partial charge on any atom is 0.331 e. The summed E-state index contributed by atoms with van der Waals surface area (Å²) in [6.07, 6.45) is 8.84. The van der Waals surface area contributed by atoms with Gasteiger partial charge in [0.2, 0.25) is 0 Å². The number of cyclic esters (lactones) is 1. The molecule has 0 radical (unpaired) electrons. The number of unbranched alkanes of at least 4 members (excludes halogenated alkanes) is 2. The van der Waals surface area contributed by atoms with E-state index < -0.39 is 0 Å². The molecule has 0 fully saturated rings. The van der Waals surface area contributed by atoms with Crippen molar-refractivity contribution in [2.24, 2.45) is 0 Å². The quantitative estimate of drug-likeness (QED) is 0.565. The Morgan fingerprint density at radius 1 is 1.09 bits per heavy atom. The zero-order valence-corrected chi connectivity index (χ0v) is 13.0. The molecule has 2 aromatic rings. The number of ether oxygens (including phenoxy) is 1. The molecule has 1 atom stereocenters. The predicted molar refractivity (Wildman–Crippen MR) is 89.8 cm³/mol. The summed E-state index contributed by atoms with van der Waals surface area (Å²) in [6, 6.07) is 12.8. The van der Waals surface area contributed by atoms with Crippen LogP contribution in [0, 0.1) is 0 Å². The van der Waals surface area contributed by atoms with E-state index in [1.165, 1.54) is 41.7 Å². The number of rotatable bonds is 5.